The van der Waals surface area contributed by atoms with Gasteiger partial charge in [-0.05, 0) is 37.0 Å². The van der Waals surface area contributed by atoms with E-state index in [1.165, 1.54) is 4.31 Å². The lowest BCUT2D eigenvalue weighted by Gasteiger charge is -2.33. The van der Waals surface area contributed by atoms with Gasteiger partial charge in [0.1, 0.15) is 6.04 Å². The number of benzene rings is 1. The van der Waals surface area contributed by atoms with Crippen LogP contribution in [0.2, 0.25) is 0 Å². The van der Waals surface area contributed by atoms with Crippen molar-refractivity contribution in [2.75, 3.05) is 17.6 Å². The Morgan fingerprint density at radius 2 is 1.92 bits per heavy atom. The fourth-order valence-corrected chi connectivity index (χ4v) is 4.73. The van der Waals surface area contributed by atoms with Crippen molar-refractivity contribution in [1.82, 2.24) is 4.31 Å². The maximum absolute atomic E-state index is 12.6. The average Bonchev–Trinajstić information content (AvgIpc) is 2.56. The summed E-state index contributed by atoms with van der Waals surface area (Å²) in [5.41, 5.74) is 1.16. The highest BCUT2D eigenvalue weighted by molar-refractivity contribution is 7.89. The molecule has 0 aliphatic carbocycles. The second kappa shape index (κ2) is 8.44. The first kappa shape index (κ1) is 19.4. The molecule has 138 valence electrons. The zero-order chi connectivity index (χ0) is 18.4. The number of amides is 1. The Bertz CT molecular complexity index is 715. The maximum Gasteiger partial charge on any atom is 0.307 e. The third-order valence-corrected chi connectivity index (χ3v) is 6.23. The highest BCUT2D eigenvalue weighted by Gasteiger charge is 2.36. The van der Waals surface area contributed by atoms with Crippen LogP contribution in [0.1, 0.15) is 38.2 Å². The molecule has 1 saturated heterocycles. The van der Waals surface area contributed by atoms with Crippen LogP contribution in [0.4, 0.5) is 5.69 Å². The van der Waals surface area contributed by atoms with E-state index in [1.807, 2.05) is 0 Å². The van der Waals surface area contributed by atoms with Crippen LogP contribution in [0, 0.1) is 0 Å². The van der Waals surface area contributed by atoms with Crippen molar-refractivity contribution < 1.29 is 23.1 Å². The van der Waals surface area contributed by atoms with Crippen molar-refractivity contribution in [3.63, 3.8) is 0 Å². The third kappa shape index (κ3) is 5.27. The van der Waals surface area contributed by atoms with Crippen LogP contribution < -0.4 is 5.32 Å². The monoisotopic (exact) mass is 368 g/mol. The summed E-state index contributed by atoms with van der Waals surface area (Å²) in [6, 6.07) is 5.84. The summed E-state index contributed by atoms with van der Waals surface area (Å²) in [5, 5.41) is 11.5. The molecular weight excluding hydrogens is 344 g/mol. The zero-order valence-electron chi connectivity index (χ0n) is 14.3. The van der Waals surface area contributed by atoms with Gasteiger partial charge >= 0.3 is 5.97 Å². The summed E-state index contributed by atoms with van der Waals surface area (Å²) < 4.78 is 26.1. The quantitative estimate of drug-likeness (QED) is 0.764. The van der Waals surface area contributed by atoms with E-state index in [0.717, 1.165) is 12.8 Å². The van der Waals surface area contributed by atoms with Gasteiger partial charge in [-0.25, -0.2) is 8.42 Å². The molecule has 1 aliphatic rings. The summed E-state index contributed by atoms with van der Waals surface area (Å²) in [5.74, 6) is -1.22. The lowest BCUT2D eigenvalue weighted by atomic mass is 10.0. The molecule has 1 aromatic rings. The molecule has 0 spiro atoms. The second-order valence-corrected chi connectivity index (χ2v) is 8.24. The molecule has 1 unspecified atom stereocenters. The number of carbonyl (C=O) groups excluding carboxylic acids is 1. The van der Waals surface area contributed by atoms with Gasteiger partial charge in [0.25, 0.3) is 0 Å². The average molecular weight is 368 g/mol. The highest BCUT2D eigenvalue weighted by Crippen LogP contribution is 2.23. The van der Waals surface area contributed by atoms with Gasteiger partial charge in [0.05, 0.1) is 12.2 Å². The minimum absolute atomic E-state index is 0.0423. The van der Waals surface area contributed by atoms with E-state index < -0.39 is 22.0 Å². The fourth-order valence-electron chi connectivity index (χ4n) is 2.98. The number of nitrogens with zero attached hydrogens (tertiary/aromatic N) is 1. The Hall–Kier alpha value is -1.93. The molecule has 1 aliphatic heterocycles. The highest BCUT2D eigenvalue weighted by atomic mass is 32.2. The zero-order valence-corrected chi connectivity index (χ0v) is 15.1. The Morgan fingerprint density at radius 3 is 2.52 bits per heavy atom. The van der Waals surface area contributed by atoms with Gasteiger partial charge < -0.3 is 10.4 Å². The van der Waals surface area contributed by atoms with Gasteiger partial charge in [-0.1, -0.05) is 25.5 Å². The topological polar surface area (TPSA) is 104 Å². The first-order valence-electron chi connectivity index (χ1n) is 8.44. The second-order valence-electron chi connectivity index (χ2n) is 6.19. The standard InChI is InChI=1S/C17H24N2O5S/c1-2-11-25(23,24)19-10-4-3-5-15(19)17(22)18-14-8-6-13(7-9-14)12-16(20)21/h6-9,15H,2-5,10-12H2,1H3,(H,18,22)(H,20,21). The van der Waals surface area contributed by atoms with E-state index in [1.54, 1.807) is 31.2 Å². The van der Waals surface area contributed by atoms with E-state index in [2.05, 4.69) is 5.32 Å². The summed E-state index contributed by atoms with van der Waals surface area (Å²) >= 11 is 0. The SMILES string of the molecule is CCCS(=O)(=O)N1CCCCC1C(=O)Nc1ccc(CC(=O)O)cc1. The summed E-state index contributed by atoms with van der Waals surface area (Å²) in [6.07, 6.45) is 2.51. The van der Waals surface area contributed by atoms with Crippen LogP contribution in [0.5, 0.6) is 0 Å². The molecule has 8 heteroatoms. The molecule has 1 aromatic carbocycles. The van der Waals surface area contributed by atoms with E-state index in [4.69, 9.17) is 5.11 Å². The summed E-state index contributed by atoms with van der Waals surface area (Å²) in [6.45, 7) is 2.17. The Morgan fingerprint density at radius 1 is 1.24 bits per heavy atom. The van der Waals surface area contributed by atoms with Crippen molar-refractivity contribution in [3.05, 3.63) is 29.8 Å². The molecule has 0 saturated carbocycles. The first-order valence-corrected chi connectivity index (χ1v) is 10.1. The molecule has 1 fully saturated rings. The van der Waals surface area contributed by atoms with Crippen LogP contribution in [0.25, 0.3) is 0 Å². The van der Waals surface area contributed by atoms with E-state index in [9.17, 15) is 18.0 Å². The van der Waals surface area contributed by atoms with Crippen LogP contribution in [0.3, 0.4) is 0 Å². The number of aliphatic carboxylic acids is 1. The first-order chi connectivity index (χ1) is 11.8. The molecule has 25 heavy (non-hydrogen) atoms. The Kier molecular flexibility index (Phi) is 6.55. The smallest absolute Gasteiger partial charge is 0.307 e. The molecule has 0 radical (unpaired) electrons. The van der Waals surface area contributed by atoms with E-state index >= 15 is 0 Å². The van der Waals surface area contributed by atoms with Gasteiger partial charge in [-0.2, -0.15) is 4.31 Å². The largest absolute Gasteiger partial charge is 0.481 e. The maximum atomic E-state index is 12.6. The number of sulfonamides is 1. The Labute approximate surface area is 148 Å². The van der Waals surface area contributed by atoms with Crippen molar-refractivity contribution >= 4 is 27.6 Å². The van der Waals surface area contributed by atoms with Crippen molar-refractivity contribution in [3.8, 4) is 0 Å². The number of hydrogen-bond acceptors (Lipinski definition) is 4. The molecule has 2 N–H and O–H groups in total. The number of carboxylic acid groups (broad SMARTS) is 1. The number of carbonyl (C=O) groups is 2. The minimum Gasteiger partial charge on any atom is -0.481 e. The fraction of sp³-hybridized carbons (Fsp3) is 0.529. The summed E-state index contributed by atoms with van der Waals surface area (Å²) in [7, 11) is -3.43. The van der Waals surface area contributed by atoms with Gasteiger partial charge in [0.2, 0.25) is 15.9 Å². The normalized spacial score (nSPS) is 18.7. The lowest BCUT2D eigenvalue weighted by molar-refractivity contribution is -0.136. The summed E-state index contributed by atoms with van der Waals surface area (Å²) in [4.78, 5) is 23.3. The van der Waals surface area contributed by atoms with E-state index in [0.29, 0.717) is 30.6 Å². The molecule has 1 atom stereocenters. The van der Waals surface area contributed by atoms with Crippen molar-refractivity contribution in [2.45, 2.75) is 45.1 Å². The number of nitrogens with one attached hydrogen (secondary N) is 1. The number of hydrogen-bond donors (Lipinski definition) is 2. The molecule has 0 aromatic heterocycles. The number of anilines is 1. The predicted molar refractivity (Wildman–Crippen MR) is 94.8 cm³/mol. The van der Waals surface area contributed by atoms with Gasteiger partial charge in [-0.15, -0.1) is 0 Å². The molecule has 1 amide bonds. The number of rotatable bonds is 7. The lowest BCUT2D eigenvalue weighted by Crippen LogP contribution is -2.50. The molecule has 1 heterocycles. The molecule has 2 rings (SSSR count). The van der Waals surface area contributed by atoms with Crippen molar-refractivity contribution in [2.24, 2.45) is 0 Å². The number of piperidine rings is 1. The predicted octanol–water partition coefficient (Wildman–Crippen LogP) is 1.85. The van der Waals surface area contributed by atoms with Crippen molar-refractivity contribution in [1.29, 1.82) is 0 Å². The third-order valence-electron chi connectivity index (χ3n) is 4.15. The van der Waals surface area contributed by atoms with Crippen LogP contribution in [-0.2, 0) is 26.0 Å². The van der Waals surface area contributed by atoms with Gasteiger partial charge in [-0.3, -0.25) is 9.59 Å². The van der Waals surface area contributed by atoms with Crippen LogP contribution >= 0.6 is 0 Å². The van der Waals surface area contributed by atoms with Crippen LogP contribution in [0.15, 0.2) is 24.3 Å². The molecular formula is C17H24N2O5S. The van der Waals surface area contributed by atoms with Gasteiger partial charge in [0, 0.05) is 12.2 Å². The number of carboxylic acids is 1. The Balaban J connectivity index is 2.08. The van der Waals surface area contributed by atoms with E-state index in [-0.39, 0.29) is 18.1 Å². The molecule has 7 nitrogen and oxygen atoms in total. The van der Waals surface area contributed by atoms with Gasteiger partial charge in [0.15, 0.2) is 0 Å². The molecule has 0 bridgehead atoms. The minimum atomic E-state index is -3.43. The van der Waals surface area contributed by atoms with Crippen LogP contribution in [-0.4, -0.2) is 48.0 Å².